The van der Waals surface area contributed by atoms with E-state index < -0.39 is 0 Å². The van der Waals surface area contributed by atoms with Crippen LogP contribution in [0.4, 0.5) is 0 Å². The van der Waals surface area contributed by atoms with E-state index in [2.05, 4.69) is 24.0 Å². The quantitative estimate of drug-likeness (QED) is 0.651. The van der Waals surface area contributed by atoms with Crippen LogP contribution in [0.3, 0.4) is 0 Å². The Bertz CT molecular complexity index is 702. The monoisotopic (exact) mass is 228 g/mol. The van der Waals surface area contributed by atoms with E-state index in [1.807, 2.05) is 18.2 Å². The standard InChI is InChI=1S/C16H8N2/c17-11-14-7-5-13(6-8-14)9-10-15-3-1-2-4-16(15)12-18/h1-8H. The molecule has 0 saturated carbocycles. The first-order valence-electron chi connectivity index (χ1n) is 5.35. The third-order valence-corrected chi connectivity index (χ3v) is 2.40. The highest BCUT2D eigenvalue weighted by molar-refractivity contribution is 5.51. The van der Waals surface area contributed by atoms with Crippen LogP contribution in [-0.2, 0) is 0 Å². The summed E-state index contributed by atoms with van der Waals surface area (Å²) in [7, 11) is 0. The molecule has 0 amide bonds. The molecule has 82 valence electrons. The molecule has 2 rings (SSSR count). The van der Waals surface area contributed by atoms with E-state index in [1.165, 1.54) is 0 Å². The average Bonchev–Trinajstić information content (AvgIpc) is 2.46. The predicted octanol–water partition coefficient (Wildman–Crippen LogP) is 2.83. The fourth-order valence-corrected chi connectivity index (χ4v) is 1.46. The molecule has 0 atom stereocenters. The van der Waals surface area contributed by atoms with Gasteiger partial charge in [-0.3, -0.25) is 0 Å². The Morgan fingerprint density at radius 2 is 1.22 bits per heavy atom. The summed E-state index contributed by atoms with van der Waals surface area (Å²) in [4.78, 5) is 0. The minimum Gasteiger partial charge on any atom is -0.192 e. The molecule has 0 aliphatic carbocycles. The second-order valence-corrected chi connectivity index (χ2v) is 3.60. The zero-order chi connectivity index (χ0) is 12.8. The summed E-state index contributed by atoms with van der Waals surface area (Å²) in [6.45, 7) is 0. The molecule has 18 heavy (non-hydrogen) atoms. The highest BCUT2D eigenvalue weighted by Gasteiger charge is 1.95. The second-order valence-electron chi connectivity index (χ2n) is 3.60. The number of benzene rings is 2. The molecule has 0 unspecified atom stereocenters. The maximum absolute atomic E-state index is 8.93. The van der Waals surface area contributed by atoms with Gasteiger partial charge in [-0.25, -0.2) is 0 Å². The smallest absolute Gasteiger partial charge is 0.100 e. The summed E-state index contributed by atoms with van der Waals surface area (Å²) in [5, 5.41) is 17.6. The van der Waals surface area contributed by atoms with Crippen molar-refractivity contribution in [2.75, 3.05) is 0 Å². The van der Waals surface area contributed by atoms with Gasteiger partial charge in [0.15, 0.2) is 0 Å². The minimum absolute atomic E-state index is 0.568. The topological polar surface area (TPSA) is 47.6 Å². The van der Waals surface area contributed by atoms with Crippen LogP contribution in [0, 0.1) is 34.5 Å². The van der Waals surface area contributed by atoms with Gasteiger partial charge in [0.2, 0.25) is 0 Å². The summed E-state index contributed by atoms with van der Waals surface area (Å²) in [6.07, 6.45) is 0. The van der Waals surface area contributed by atoms with Gasteiger partial charge in [0.1, 0.15) is 6.07 Å². The Labute approximate surface area is 106 Å². The molecule has 2 nitrogen and oxygen atoms in total. The van der Waals surface area contributed by atoms with Crippen molar-refractivity contribution in [2.24, 2.45) is 0 Å². The fraction of sp³-hybridized carbons (Fsp3) is 0. The Morgan fingerprint density at radius 1 is 0.611 bits per heavy atom. The van der Waals surface area contributed by atoms with Crippen LogP contribution >= 0.6 is 0 Å². The highest BCUT2D eigenvalue weighted by atomic mass is 14.2. The SMILES string of the molecule is N#Cc1ccc(C#Cc2ccccc2C#N)cc1. The van der Waals surface area contributed by atoms with Crippen LogP contribution in [0.2, 0.25) is 0 Å². The number of hydrogen-bond acceptors (Lipinski definition) is 2. The molecule has 0 aliphatic rings. The van der Waals surface area contributed by atoms with Crippen molar-refractivity contribution in [3.63, 3.8) is 0 Å². The van der Waals surface area contributed by atoms with Crippen LogP contribution in [0.25, 0.3) is 0 Å². The largest absolute Gasteiger partial charge is 0.192 e. The minimum atomic E-state index is 0.568. The maximum Gasteiger partial charge on any atom is 0.100 e. The summed E-state index contributed by atoms with van der Waals surface area (Å²) < 4.78 is 0. The molecule has 0 aromatic heterocycles. The van der Waals surface area contributed by atoms with Crippen molar-refractivity contribution in [1.82, 2.24) is 0 Å². The first-order chi connectivity index (χ1) is 8.83. The van der Waals surface area contributed by atoms with Gasteiger partial charge in [0.05, 0.1) is 17.2 Å². The van der Waals surface area contributed by atoms with E-state index in [4.69, 9.17) is 10.5 Å². The van der Waals surface area contributed by atoms with Gasteiger partial charge in [-0.05, 0) is 36.4 Å². The van der Waals surface area contributed by atoms with E-state index in [9.17, 15) is 0 Å². The predicted molar refractivity (Wildman–Crippen MR) is 68.3 cm³/mol. The van der Waals surface area contributed by atoms with Gasteiger partial charge in [0, 0.05) is 11.1 Å². The fourth-order valence-electron chi connectivity index (χ4n) is 1.46. The van der Waals surface area contributed by atoms with Gasteiger partial charge in [-0.15, -0.1) is 0 Å². The van der Waals surface area contributed by atoms with Crippen molar-refractivity contribution >= 4 is 0 Å². The molecule has 2 aromatic rings. The first-order valence-corrected chi connectivity index (χ1v) is 5.35. The van der Waals surface area contributed by atoms with Crippen LogP contribution in [0.5, 0.6) is 0 Å². The van der Waals surface area contributed by atoms with Gasteiger partial charge in [-0.1, -0.05) is 24.0 Å². The first kappa shape index (κ1) is 11.5. The molecular weight excluding hydrogens is 220 g/mol. The Balaban J connectivity index is 2.32. The number of hydrogen-bond donors (Lipinski definition) is 0. The third kappa shape index (κ3) is 2.56. The van der Waals surface area contributed by atoms with Gasteiger partial charge >= 0.3 is 0 Å². The van der Waals surface area contributed by atoms with Crippen LogP contribution in [-0.4, -0.2) is 0 Å². The zero-order valence-electron chi connectivity index (χ0n) is 9.51. The van der Waals surface area contributed by atoms with Gasteiger partial charge in [-0.2, -0.15) is 10.5 Å². The maximum atomic E-state index is 8.93. The van der Waals surface area contributed by atoms with Crippen LogP contribution < -0.4 is 0 Å². The van der Waals surface area contributed by atoms with E-state index in [0.29, 0.717) is 16.7 Å². The van der Waals surface area contributed by atoms with Crippen molar-refractivity contribution in [1.29, 1.82) is 10.5 Å². The molecular formula is C16H8N2. The summed E-state index contributed by atoms with van der Waals surface area (Å²) in [6, 6.07) is 18.4. The molecule has 2 aromatic carbocycles. The molecule has 0 heterocycles. The summed E-state index contributed by atoms with van der Waals surface area (Å²) >= 11 is 0. The van der Waals surface area contributed by atoms with Crippen molar-refractivity contribution in [3.05, 3.63) is 70.8 Å². The van der Waals surface area contributed by atoms with Crippen molar-refractivity contribution < 1.29 is 0 Å². The lowest BCUT2D eigenvalue weighted by Crippen LogP contribution is -1.82. The molecule has 0 bridgehead atoms. The van der Waals surface area contributed by atoms with E-state index in [-0.39, 0.29) is 0 Å². The zero-order valence-corrected chi connectivity index (χ0v) is 9.51. The van der Waals surface area contributed by atoms with E-state index in [1.54, 1.807) is 30.3 Å². The average molecular weight is 228 g/mol. The second kappa shape index (κ2) is 5.35. The Hall–Kier alpha value is -3.02. The highest BCUT2D eigenvalue weighted by Crippen LogP contribution is 2.06. The molecule has 0 radical (unpaired) electrons. The Morgan fingerprint density at radius 3 is 1.83 bits per heavy atom. The molecule has 0 saturated heterocycles. The Kier molecular flexibility index (Phi) is 3.41. The third-order valence-electron chi connectivity index (χ3n) is 2.40. The van der Waals surface area contributed by atoms with E-state index >= 15 is 0 Å². The van der Waals surface area contributed by atoms with Crippen molar-refractivity contribution in [3.8, 4) is 24.0 Å². The molecule has 0 N–H and O–H groups in total. The molecule has 2 heteroatoms. The lowest BCUT2D eigenvalue weighted by Gasteiger charge is -1.93. The summed E-state index contributed by atoms with van der Waals surface area (Å²) in [5.41, 5.74) is 2.71. The molecule has 0 aliphatic heterocycles. The van der Waals surface area contributed by atoms with E-state index in [0.717, 1.165) is 5.56 Å². The van der Waals surface area contributed by atoms with Crippen LogP contribution in [0.15, 0.2) is 48.5 Å². The number of rotatable bonds is 0. The number of nitriles is 2. The summed E-state index contributed by atoms with van der Waals surface area (Å²) in [5.74, 6) is 5.94. The van der Waals surface area contributed by atoms with Crippen molar-refractivity contribution in [2.45, 2.75) is 0 Å². The molecule has 0 spiro atoms. The number of nitrogens with zero attached hydrogens (tertiary/aromatic N) is 2. The van der Waals surface area contributed by atoms with Crippen LogP contribution in [0.1, 0.15) is 22.3 Å². The molecule has 0 fully saturated rings. The normalized spacial score (nSPS) is 8.56. The lowest BCUT2D eigenvalue weighted by molar-refractivity contribution is 1.47. The van der Waals surface area contributed by atoms with Gasteiger partial charge < -0.3 is 0 Å². The lowest BCUT2D eigenvalue weighted by atomic mass is 10.1. The van der Waals surface area contributed by atoms with Gasteiger partial charge in [0.25, 0.3) is 0 Å².